The number of likely N-dealkylation sites (tertiary alicyclic amines) is 2. The van der Waals surface area contributed by atoms with Crippen LogP contribution < -0.4 is 0 Å². The maximum Gasteiger partial charge on any atom is 0.187 e. The van der Waals surface area contributed by atoms with Crippen molar-refractivity contribution < 1.29 is 5.11 Å². The van der Waals surface area contributed by atoms with Crippen molar-refractivity contribution in [3.8, 4) is 0 Å². The van der Waals surface area contributed by atoms with Gasteiger partial charge < -0.3 is 5.11 Å². The molecule has 2 fully saturated rings. The Morgan fingerprint density at radius 1 is 1.12 bits per heavy atom. The van der Waals surface area contributed by atoms with Crippen molar-refractivity contribution in [2.24, 2.45) is 0 Å². The molecule has 1 aromatic rings. The summed E-state index contributed by atoms with van der Waals surface area (Å²) >= 11 is 1.71. The predicted molar refractivity (Wildman–Crippen MR) is 98.2 cm³/mol. The third-order valence-electron chi connectivity index (χ3n) is 4.97. The molecule has 0 radical (unpaired) electrons. The average Bonchev–Trinajstić information content (AvgIpc) is 2.79. The quantitative estimate of drug-likeness (QED) is 0.628. The number of hydrogen-bond donors (Lipinski definition) is 1. The van der Waals surface area contributed by atoms with Gasteiger partial charge in [-0.3, -0.25) is 9.80 Å². The summed E-state index contributed by atoms with van der Waals surface area (Å²) < 4.78 is 0. The summed E-state index contributed by atoms with van der Waals surface area (Å²) in [4.78, 5) is 13.8. The second-order valence-corrected chi connectivity index (χ2v) is 8.06. The Kier molecular flexibility index (Phi) is 6.89. The van der Waals surface area contributed by atoms with Gasteiger partial charge in [-0.05, 0) is 32.4 Å². The first kappa shape index (κ1) is 18.1. The number of rotatable bonds is 6. The van der Waals surface area contributed by atoms with Crippen LogP contribution in [0.3, 0.4) is 0 Å². The molecule has 5 nitrogen and oxygen atoms in total. The van der Waals surface area contributed by atoms with E-state index in [0.717, 1.165) is 55.6 Å². The van der Waals surface area contributed by atoms with Gasteiger partial charge in [-0.25, -0.2) is 9.97 Å². The third-order valence-corrected chi connectivity index (χ3v) is 6.05. The van der Waals surface area contributed by atoms with Crippen LogP contribution in [0.1, 0.15) is 44.6 Å². The molecule has 134 valence electrons. The summed E-state index contributed by atoms with van der Waals surface area (Å²) in [5.74, 6) is 1.06. The molecule has 2 atom stereocenters. The molecule has 1 N–H and O–H groups in total. The minimum absolute atomic E-state index is 0.233. The summed E-state index contributed by atoms with van der Waals surface area (Å²) in [6, 6.07) is 0.295. The van der Waals surface area contributed by atoms with E-state index in [9.17, 15) is 5.11 Å². The molecule has 1 aromatic heterocycles. The maximum atomic E-state index is 10.5. The van der Waals surface area contributed by atoms with E-state index in [0.29, 0.717) is 6.04 Å². The van der Waals surface area contributed by atoms with Gasteiger partial charge in [0, 0.05) is 49.4 Å². The van der Waals surface area contributed by atoms with Crippen molar-refractivity contribution >= 4 is 11.8 Å². The van der Waals surface area contributed by atoms with Crippen LogP contribution in [0.4, 0.5) is 0 Å². The van der Waals surface area contributed by atoms with E-state index in [1.807, 2.05) is 12.4 Å². The van der Waals surface area contributed by atoms with Gasteiger partial charge in [0.05, 0.1) is 6.10 Å². The van der Waals surface area contributed by atoms with Crippen molar-refractivity contribution in [2.75, 3.05) is 31.9 Å². The monoisotopic (exact) mass is 350 g/mol. The molecule has 6 heteroatoms. The Bertz CT molecular complexity index is 490. The fraction of sp³-hybridized carbons (Fsp3) is 0.778. The molecule has 0 aromatic carbocycles. The van der Waals surface area contributed by atoms with Crippen LogP contribution >= 0.6 is 11.8 Å². The van der Waals surface area contributed by atoms with Crippen LogP contribution in [-0.4, -0.2) is 69.0 Å². The molecule has 0 amide bonds. The van der Waals surface area contributed by atoms with Crippen molar-refractivity contribution in [3.05, 3.63) is 18.0 Å². The minimum Gasteiger partial charge on any atom is -0.390 e. The van der Waals surface area contributed by atoms with Gasteiger partial charge >= 0.3 is 0 Å². The van der Waals surface area contributed by atoms with Gasteiger partial charge in [0.25, 0.3) is 0 Å². The number of aromatic nitrogens is 2. The molecule has 2 aliphatic rings. The Morgan fingerprint density at radius 2 is 1.83 bits per heavy atom. The maximum absolute atomic E-state index is 10.5. The summed E-state index contributed by atoms with van der Waals surface area (Å²) in [6.45, 7) is 6.99. The summed E-state index contributed by atoms with van der Waals surface area (Å²) in [7, 11) is 0. The molecule has 3 heterocycles. The number of aliphatic hydroxyl groups excluding tert-OH is 1. The first-order chi connectivity index (χ1) is 11.8. The number of aliphatic hydroxyl groups is 1. The van der Waals surface area contributed by atoms with Crippen LogP contribution in [0.25, 0.3) is 0 Å². The zero-order chi connectivity index (χ0) is 16.8. The van der Waals surface area contributed by atoms with Crippen LogP contribution in [0.5, 0.6) is 0 Å². The normalized spacial score (nSPS) is 26.6. The highest BCUT2D eigenvalue weighted by atomic mass is 32.2. The minimum atomic E-state index is -0.233. The number of hydrogen-bond acceptors (Lipinski definition) is 6. The molecule has 2 saturated heterocycles. The zero-order valence-electron chi connectivity index (χ0n) is 14.7. The first-order valence-electron chi connectivity index (χ1n) is 9.34. The van der Waals surface area contributed by atoms with E-state index in [-0.39, 0.29) is 6.10 Å². The van der Waals surface area contributed by atoms with Crippen molar-refractivity contribution in [3.63, 3.8) is 0 Å². The van der Waals surface area contributed by atoms with Gasteiger partial charge in [0.1, 0.15) is 0 Å². The van der Waals surface area contributed by atoms with Crippen molar-refractivity contribution in [2.45, 2.75) is 62.9 Å². The van der Waals surface area contributed by atoms with E-state index in [4.69, 9.17) is 0 Å². The second-order valence-electron chi connectivity index (χ2n) is 7.00. The predicted octanol–water partition coefficient (Wildman–Crippen LogP) is 2.40. The van der Waals surface area contributed by atoms with Crippen LogP contribution in [-0.2, 0) is 6.54 Å². The molecule has 3 rings (SSSR count). The average molecular weight is 351 g/mol. The fourth-order valence-corrected chi connectivity index (χ4v) is 4.35. The Morgan fingerprint density at radius 3 is 2.50 bits per heavy atom. The van der Waals surface area contributed by atoms with Crippen LogP contribution in [0.2, 0.25) is 0 Å². The second kappa shape index (κ2) is 9.13. The Balaban J connectivity index is 1.52. The first-order valence-corrected chi connectivity index (χ1v) is 10.3. The SMILES string of the molecule is CCCSc1ncc(CN2C[C@H](O)[C@@H](N3CCCCCC3)C2)cn1. The summed E-state index contributed by atoms with van der Waals surface area (Å²) in [5, 5.41) is 11.4. The van der Waals surface area contributed by atoms with Gasteiger partial charge in [-0.15, -0.1) is 0 Å². The molecule has 24 heavy (non-hydrogen) atoms. The van der Waals surface area contributed by atoms with Gasteiger partial charge in [0.2, 0.25) is 0 Å². The lowest BCUT2D eigenvalue weighted by molar-refractivity contribution is 0.0850. The third kappa shape index (κ3) is 4.91. The van der Waals surface area contributed by atoms with E-state index >= 15 is 0 Å². The van der Waals surface area contributed by atoms with E-state index in [1.54, 1.807) is 11.8 Å². The number of nitrogens with zero attached hydrogens (tertiary/aromatic N) is 4. The summed E-state index contributed by atoms with van der Waals surface area (Å²) in [5.41, 5.74) is 1.14. The highest BCUT2D eigenvalue weighted by Gasteiger charge is 2.35. The number of β-amino-alcohol motifs (C(OH)–C–C–N with tert-alkyl or cyclic N) is 1. The fourth-order valence-electron chi connectivity index (χ4n) is 3.71. The Labute approximate surface area is 149 Å². The van der Waals surface area contributed by atoms with E-state index in [1.165, 1.54) is 25.7 Å². The number of thioether (sulfide) groups is 1. The van der Waals surface area contributed by atoms with Crippen LogP contribution in [0.15, 0.2) is 17.6 Å². The molecule has 0 bridgehead atoms. The van der Waals surface area contributed by atoms with Crippen molar-refractivity contribution in [1.82, 2.24) is 19.8 Å². The van der Waals surface area contributed by atoms with Gasteiger partial charge in [-0.1, -0.05) is 31.5 Å². The lowest BCUT2D eigenvalue weighted by Crippen LogP contribution is -2.43. The van der Waals surface area contributed by atoms with E-state index in [2.05, 4.69) is 26.7 Å². The standard InChI is InChI=1S/C18H30N4OS/c1-2-9-24-18-19-10-15(11-20-18)12-21-13-16(17(23)14-21)22-7-5-3-4-6-8-22/h10-11,16-17,23H,2-9,12-14H2,1H3/t16-,17-/m0/s1. The molecule has 0 spiro atoms. The molecule has 0 saturated carbocycles. The van der Waals surface area contributed by atoms with Gasteiger partial charge in [0.15, 0.2) is 5.16 Å². The van der Waals surface area contributed by atoms with Crippen LogP contribution in [0, 0.1) is 0 Å². The van der Waals surface area contributed by atoms with Crippen molar-refractivity contribution in [1.29, 1.82) is 0 Å². The van der Waals surface area contributed by atoms with E-state index < -0.39 is 0 Å². The largest absolute Gasteiger partial charge is 0.390 e. The smallest absolute Gasteiger partial charge is 0.187 e. The molecular formula is C18H30N4OS. The summed E-state index contributed by atoms with van der Waals surface area (Å²) in [6.07, 6.45) is 10.0. The lowest BCUT2D eigenvalue weighted by Gasteiger charge is -2.29. The Hall–Kier alpha value is -0.690. The molecule has 0 aliphatic carbocycles. The highest BCUT2D eigenvalue weighted by molar-refractivity contribution is 7.99. The topological polar surface area (TPSA) is 52.5 Å². The molecular weight excluding hydrogens is 320 g/mol. The lowest BCUT2D eigenvalue weighted by atomic mass is 10.1. The molecule has 0 unspecified atom stereocenters. The molecule has 2 aliphatic heterocycles. The highest BCUT2D eigenvalue weighted by Crippen LogP contribution is 2.22. The zero-order valence-corrected chi connectivity index (χ0v) is 15.5. The van der Waals surface area contributed by atoms with Gasteiger partial charge in [-0.2, -0.15) is 0 Å².